The van der Waals surface area contributed by atoms with Gasteiger partial charge in [-0.2, -0.15) is 0 Å². The lowest BCUT2D eigenvalue weighted by molar-refractivity contribution is -0.384. The van der Waals surface area contributed by atoms with E-state index in [1.165, 1.54) is 31.4 Å². The van der Waals surface area contributed by atoms with Gasteiger partial charge in [0, 0.05) is 24.5 Å². The molecule has 42 heavy (non-hydrogen) atoms. The van der Waals surface area contributed by atoms with Crippen molar-refractivity contribution in [1.29, 1.82) is 0 Å². The van der Waals surface area contributed by atoms with E-state index in [0.29, 0.717) is 5.56 Å². The van der Waals surface area contributed by atoms with Crippen LogP contribution in [0.1, 0.15) is 29.0 Å². The molecule has 220 valence electrons. The van der Waals surface area contributed by atoms with Gasteiger partial charge in [-0.05, 0) is 16.7 Å². The van der Waals surface area contributed by atoms with Crippen LogP contribution in [0.25, 0.3) is 0 Å². The highest BCUT2D eigenvalue weighted by molar-refractivity contribution is 5.90. The Morgan fingerprint density at radius 2 is 1.40 bits per heavy atom. The highest BCUT2D eigenvalue weighted by atomic mass is 16.6. The molecule has 0 fully saturated rings. The van der Waals surface area contributed by atoms with Crippen molar-refractivity contribution in [2.24, 2.45) is 0 Å². The second kappa shape index (κ2) is 15.5. The number of methoxy groups -OCH3 is 2. The lowest BCUT2D eigenvalue weighted by Gasteiger charge is -2.28. The van der Waals surface area contributed by atoms with Crippen LogP contribution in [0.3, 0.4) is 0 Å². The number of carbonyl (C=O) groups is 4. The Morgan fingerprint density at radius 3 is 1.95 bits per heavy atom. The molecule has 3 atom stereocenters. The molecule has 0 aliphatic heterocycles. The molecular weight excluding hydrogens is 546 g/mol. The van der Waals surface area contributed by atoms with Crippen LogP contribution in [0.2, 0.25) is 0 Å². The molecule has 0 unspecified atom stereocenters. The van der Waals surface area contributed by atoms with E-state index >= 15 is 0 Å². The number of nitrogens with zero attached hydrogens (tertiary/aromatic N) is 1. The molecule has 0 heterocycles. The molecule has 12 heteroatoms. The first kappa shape index (κ1) is 31.3. The summed E-state index contributed by atoms with van der Waals surface area (Å²) >= 11 is 0. The van der Waals surface area contributed by atoms with Crippen molar-refractivity contribution in [2.45, 2.75) is 37.5 Å². The first-order valence-corrected chi connectivity index (χ1v) is 12.9. The molecule has 2 amide bonds. The predicted molar refractivity (Wildman–Crippen MR) is 150 cm³/mol. The fourth-order valence-electron chi connectivity index (χ4n) is 4.20. The van der Waals surface area contributed by atoms with E-state index < -0.39 is 46.9 Å². The van der Waals surface area contributed by atoms with Crippen LogP contribution in [0.4, 0.5) is 10.5 Å². The second-order valence-corrected chi connectivity index (χ2v) is 9.19. The number of benzene rings is 3. The number of amides is 2. The SMILES string of the molecule is COC(=O)C[C@@H](c1ccc([N+](=O)[O-])cc1)[C@@H](NC(=O)[C@H](Cc1ccccc1)NC(=O)OCc1ccccc1)C(=O)OC. The highest BCUT2D eigenvalue weighted by Gasteiger charge is 2.36. The lowest BCUT2D eigenvalue weighted by Crippen LogP contribution is -2.54. The summed E-state index contributed by atoms with van der Waals surface area (Å²) in [5.41, 5.74) is 1.61. The number of nitro groups is 1. The van der Waals surface area contributed by atoms with Crippen molar-refractivity contribution in [3.63, 3.8) is 0 Å². The van der Waals surface area contributed by atoms with Gasteiger partial charge in [0.2, 0.25) is 5.91 Å². The standard InChI is InChI=1S/C30H31N3O9/c1-40-26(34)18-24(22-13-15-23(16-14-22)33(38)39)27(29(36)41-2)32-28(35)25(17-20-9-5-3-6-10-20)31-30(37)42-19-21-11-7-4-8-12-21/h3-16,24-25,27H,17-19H2,1-2H3,(H,31,37)(H,32,35)/t24-,25-,27+/m0/s1. The van der Waals surface area contributed by atoms with Gasteiger partial charge in [0.05, 0.1) is 25.6 Å². The van der Waals surface area contributed by atoms with Crippen molar-refractivity contribution in [1.82, 2.24) is 10.6 Å². The van der Waals surface area contributed by atoms with Gasteiger partial charge >= 0.3 is 18.0 Å². The summed E-state index contributed by atoms with van der Waals surface area (Å²) in [6.07, 6.45) is -1.16. The summed E-state index contributed by atoms with van der Waals surface area (Å²) < 4.78 is 15.0. The Labute approximate surface area is 242 Å². The summed E-state index contributed by atoms with van der Waals surface area (Å²) in [5, 5.41) is 16.3. The number of non-ortho nitro benzene ring substituents is 1. The largest absolute Gasteiger partial charge is 0.469 e. The van der Waals surface area contributed by atoms with Crippen LogP contribution in [-0.4, -0.2) is 55.2 Å². The van der Waals surface area contributed by atoms with E-state index in [9.17, 15) is 29.3 Å². The zero-order valence-corrected chi connectivity index (χ0v) is 23.1. The maximum Gasteiger partial charge on any atom is 0.408 e. The first-order chi connectivity index (χ1) is 20.2. The Bertz CT molecular complexity index is 1370. The van der Waals surface area contributed by atoms with Gasteiger partial charge in [0.25, 0.3) is 5.69 Å². The minimum Gasteiger partial charge on any atom is -0.469 e. The molecule has 0 aliphatic carbocycles. The van der Waals surface area contributed by atoms with Gasteiger partial charge in [-0.3, -0.25) is 19.7 Å². The van der Waals surface area contributed by atoms with Crippen LogP contribution < -0.4 is 10.6 Å². The molecule has 0 saturated carbocycles. The minimum absolute atomic E-state index is 0.0293. The maximum atomic E-state index is 13.6. The monoisotopic (exact) mass is 577 g/mol. The summed E-state index contributed by atoms with van der Waals surface area (Å²) in [4.78, 5) is 62.2. The van der Waals surface area contributed by atoms with E-state index in [-0.39, 0.29) is 25.1 Å². The van der Waals surface area contributed by atoms with Crippen LogP contribution in [0.15, 0.2) is 84.9 Å². The predicted octanol–water partition coefficient (Wildman–Crippen LogP) is 3.44. The molecule has 0 saturated heterocycles. The molecule has 0 bridgehead atoms. The fourth-order valence-corrected chi connectivity index (χ4v) is 4.20. The first-order valence-electron chi connectivity index (χ1n) is 12.9. The van der Waals surface area contributed by atoms with E-state index in [4.69, 9.17) is 14.2 Å². The van der Waals surface area contributed by atoms with Gasteiger partial charge in [-0.25, -0.2) is 9.59 Å². The van der Waals surface area contributed by atoms with Gasteiger partial charge in [-0.1, -0.05) is 72.8 Å². The van der Waals surface area contributed by atoms with Crippen LogP contribution >= 0.6 is 0 Å². The smallest absolute Gasteiger partial charge is 0.408 e. The topological polar surface area (TPSA) is 163 Å². The van der Waals surface area contributed by atoms with Crippen molar-refractivity contribution in [3.05, 3.63) is 112 Å². The van der Waals surface area contributed by atoms with Gasteiger partial charge < -0.3 is 24.8 Å². The van der Waals surface area contributed by atoms with Crippen molar-refractivity contribution in [3.8, 4) is 0 Å². The molecule has 0 aliphatic rings. The second-order valence-electron chi connectivity index (χ2n) is 9.19. The maximum absolute atomic E-state index is 13.6. The molecule has 2 N–H and O–H groups in total. The van der Waals surface area contributed by atoms with E-state index in [2.05, 4.69) is 10.6 Å². The van der Waals surface area contributed by atoms with Crippen molar-refractivity contribution >= 4 is 29.6 Å². The summed E-state index contributed by atoms with van der Waals surface area (Å²) in [6, 6.07) is 20.5. The van der Waals surface area contributed by atoms with Gasteiger partial charge in [0.15, 0.2) is 0 Å². The summed E-state index contributed by atoms with van der Waals surface area (Å²) in [5.74, 6) is -3.33. The third-order valence-corrected chi connectivity index (χ3v) is 6.41. The van der Waals surface area contributed by atoms with Crippen LogP contribution in [0.5, 0.6) is 0 Å². The number of alkyl carbamates (subject to hydrolysis) is 1. The van der Waals surface area contributed by atoms with Crippen LogP contribution in [-0.2, 0) is 41.6 Å². The molecular formula is C30H31N3O9. The number of esters is 2. The number of nitrogens with one attached hydrogen (secondary N) is 2. The summed E-state index contributed by atoms with van der Waals surface area (Å²) in [7, 11) is 2.29. The quantitative estimate of drug-likeness (QED) is 0.134. The zero-order valence-electron chi connectivity index (χ0n) is 23.1. The molecule has 3 aromatic rings. The van der Waals surface area contributed by atoms with Crippen LogP contribution in [0, 0.1) is 10.1 Å². The highest BCUT2D eigenvalue weighted by Crippen LogP contribution is 2.27. The average Bonchev–Trinajstić information content (AvgIpc) is 3.01. The van der Waals surface area contributed by atoms with Crippen molar-refractivity contribution < 1.29 is 38.3 Å². The fraction of sp³-hybridized carbons (Fsp3) is 0.267. The number of hydrogen-bond donors (Lipinski definition) is 2. The molecule has 0 spiro atoms. The Balaban J connectivity index is 1.88. The van der Waals surface area contributed by atoms with E-state index in [1.807, 2.05) is 6.07 Å². The van der Waals surface area contributed by atoms with Gasteiger partial charge in [0.1, 0.15) is 18.7 Å². The molecule has 0 aromatic heterocycles. The normalized spacial score (nSPS) is 12.6. The number of ether oxygens (including phenoxy) is 3. The molecule has 3 aromatic carbocycles. The van der Waals surface area contributed by atoms with E-state index in [0.717, 1.165) is 18.2 Å². The van der Waals surface area contributed by atoms with Crippen molar-refractivity contribution in [2.75, 3.05) is 14.2 Å². The zero-order chi connectivity index (χ0) is 30.5. The molecule has 3 rings (SSSR count). The summed E-state index contributed by atoms with van der Waals surface area (Å²) in [6.45, 7) is -0.0293. The van der Waals surface area contributed by atoms with Gasteiger partial charge in [-0.15, -0.1) is 0 Å². The number of carbonyl (C=O) groups excluding carboxylic acids is 4. The number of hydrogen-bond acceptors (Lipinski definition) is 9. The number of rotatable bonds is 13. The number of nitro benzene ring substituents is 1. The minimum atomic E-state index is -1.41. The Morgan fingerprint density at radius 1 is 0.810 bits per heavy atom. The average molecular weight is 578 g/mol. The Kier molecular flexibility index (Phi) is 11.5. The molecule has 12 nitrogen and oxygen atoms in total. The van der Waals surface area contributed by atoms with E-state index in [1.54, 1.807) is 54.6 Å². The third kappa shape index (κ3) is 9.15. The third-order valence-electron chi connectivity index (χ3n) is 6.41. The Hall–Kier alpha value is -5.26. The molecule has 0 radical (unpaired) electrons. The lowest BCUT2D eigenvalue weighted by atomic mass is 9.87.